The molecule has 0 bridgehead atoms. The van der Waals surface area contributed by atoms with Gasteiger partial charge in [0.05, 0.1) is 5.75 Å². The minimum absolute atomic E-state index is 0.0833. The molecule has 1 saturated heterocycles. The Labute approximate surface area is 226 Å². The number of aromatic nitrogens is 1. The van der Waals surface area contributed by atoms with E-state index in [1.54, 1.807) is 24.5 Å². The van der Waals surface area contributed by atoms with Crippen molar-refractivity contribution >= 4 is 21.8 Å². The molecule has 4 rings (SSSR count). The molecule has 0 aliphatic carbocycles. The number of halogens is 2. The lowest BCUT2D eigenvalue weighted by atomic mass is 10.0. The Balaban J connectivity index is 1.50. The number of benzene rings is 2. The second kappa shape index (κ2) is 12.9. The van der Waals surface area contributed by atoms with Crippen LogP contribution in [0.1, 0.15) is 36.0 Å². The summed E-state index contributed by atoms with van der Waals surface area (Å²) in [5.41, 5.74) is 1.80. The van der Waals surface area contributed by atoms with Crippen molar-refractivity contribution < 1.29 is 26.8 Å². The lowest BCUT2D eigenvalue weighted by molar-refractivity contribution is -0.131. The summed E-state index contributed by atoms with van der Waals surface area (Å²) in [6.45, 7) is 0.349. The Morgan fingerprint density at radius 3 is 2.26 bits per heavy atom. The molecule has 1 fully saturated rings. The molecule has 0 saturated carbocycles. The van der Waals surface area contributed by atoms with Gasteiger partial charge in [-0.25, -0.2) is 17.2 Å². The topological polar surface area (TPSA) is 108 Å². The van der Waals surface area contributed by atoms with Crippen LogP contribution in [0.15, 0.2) is 73.1 Å². The van der Waals surface area contributed by atoms with Crippen LogP contribution in [0.2, 0.25) is 0 Å². The van der Waals surface area contributed by atoms with E-state index in [0.29, 0.717) is 30.4 Å². The van der Waals surface area contributed by atoms with Gasteiger partial charge in [-0.15, -0.1) is 0 Å². The quantitative estimate of drug-likeness (QED) is 0.399. The van der Waals surface area contributed by atoms with E-state index in [-0.39, 0.29) is 25.3 Å². The molecular formula is C28H30F2N4O4S. The highest BCUT2D eigenvalue weighted by Crippen LogP contribution is 2.24. The number of hydrogen-bond acceptors (Lipinski definition) is 5. The minimum atomic E-state index is -3.91. The van der Waals surface area contributed by atoms with E-state index in [1.165, 1.54) is 52.8 Å². The average Bonchev–Trinajstić information content (AvgIpc) is 2.94. The Hall–Kier alpha value is -3.70. The summed E-state index contributed by atoms with van der Waals surface area (Å²) in [5.74, 6) is -2.32. The number of nitrogens with one attached hydrogen (secondary N) is 2. The third-order valence-electron chi connectivity index (χ3n) is 6.55. The first-order chi connectivity index (χ1) is 18.7. The van der Waals surface area contributed by atoms with E-state index in [4.69, 9.17) is 0 Å². The van der Waals surface area contributed by atoms with E-state index in [9.17, 15) is 26.8 Å². The van der Waals surface area contributed by atoms with Gasteiger partial charge < -0.3 is 10.6 Å². The monoisotopic (exact) mass is 556 g/mol. The number of pyridine rings is 1. The van der Waals surface area contributed by atoms with E-state index in [2.05, 4.69) is 15.6 Å². The molecule has 1 aliphatic heterocycles. The van der Waals surface area contributed by atoms with Gasteiger partial charge in [-0.05, 0) is 59.9 Å². The highest BCUT2D eigenvalue weighted by molar-refractivity contribution is 7.88. The molecule has 2 amide bonds. The summed E-state index contributed by atoms with van der Waals surface area (Å²) in [6.07, 6.45) is 4.85. The molecule has 0 radical (unpaired) electrons. The third-order valence-corrected chi connectivity index (χ3v) is 8.40. The van der Waals surface area contributed by atoms with E-state index in [0.717, 1.165) is 5.56 Å². The fourth-order valence-electron chi connectivity index (χ4n) is 4.52. The zero-order valence-electron chi connectivity index (χ0n) is 21.2. The summed E-state index contributed by atoms with van der Waals surface area (Å²) < 4.78 is 54.5. The fourth-order valence-corrected chi connectivity index (χ4v) is 6.30. The summed E-state index contributed by atoms with van der Waals surface area (Å²) in [6, 6.07) is 12.3. The second-order valence-electron chi connectivity index (χ2n) is 9.48. The highest BCUT2D eigenvalue weighted by atomic mass is 32.2. The molecule has 2 atom stereocenters. The number of nitrogens with zero attached hydrogens (tertiary/aromatic N) is 2. The molecule has 1 aliphatic rings. The van der Waals surface area contributed by atoms with Crippen LogP contribution in [0.5, 0.6) is 0 Å². The van der Waals surface area contributed by atoms with Crippen molar-refractivity contribution in [2.75, 3.05) is 6.54 Å². The maximum atomic E-state index is 13.5. The zero-order valence-corrected chi connectivity index (χ0v) is 22.0. The summed E-state index contributed by atoms with van der Waals surface area (Å²) in [4.78, 5) is 30.7. The standard InChI is InChI=1S/C28H30F2N4O4S/c29-23-10-6-20(7-11-23)16-25(27(35)32-18-22-4-3-14-31-17-22)33-28(36)26-5-1-2-15-34(26)39(37,38)19-21-8-12-24(30)13-9-21/h3-4,6-14,17,25-26H,1-2,5,15-16,18-19H2,(H,32,35)(H,33,36). The van der Waals surface area contributed by atoms with E-state index >= 15 is 0 Å². The molecule has 39 heavy (non-hydrogen) atoms. The SMILES string of the molecule is O=C(NCc1cccnc1)C(Cc1ccc(F)cc1)NC(=O)C1CCCCN1S(=O)(=O)Cc1ccc(F)cc1. The number of piperidine rings is 1. The first-order valence-electron chi connectivity index (χ1n) is 12.7. The van der Waals surface area contributed by atoms with Crippen molar-refractivity contribution in [1.82, 2.24) is 19.9 Å². The second-order valence-corrected chi connectivity index (χ2v) is 11.4. The molecule has 11 heteroatoms. The summed E-state index contributed by atoms with van der Waals surface area (Å²) >= 11 is 0. The Kier molecular flexibility index (Phi) is 9.36. The molecule has 1 aromatic heterocycles. The smallest absolute Gasteiger partial charge is 0.243 e. The molecule has 2 N–H and O–H groups in total. The molecule has 8 nitrogen and oxygen atoms in total. The van der Waals surface area contributed by atoms with Crippen molar-refractivity contribution in [1.29, 1.82) is 0 Å². The largest absolute Gasteiger partial charge is 0.350 e. The van der Waals surface area contributed by atoms with Crippen LogP contribution in [-0.2, 0) is 38.3 Å². The lowest BCUT2D eigenvalue weighted by Crippen LogP contribution is -2.56. The van der Waals surface area contributed by atoms with Crippen molar-refractivity contribution in [3.63, 3.8) is 0 Å². The highest BCUT2D eigenvalue weighted by Gasteiger charge is 2.38. The lowest BCUT2D eigenvalue weighted by Gasteiger charge is -2.34. The van der Waals surface area contributed by atoms with E-state index in [1.807, 2.05) is 0 Å². The van der Waals surface area contributed by atoms with Crippen LogP contribution < -0.4 is 10.6 Å². The number of sulfonamides is 1. The maximum absolute atomic E-state index is 13.5. The van der Waals surface area contributed by atoms with Crippen molar-refractivity contribution in [3.8, 4) is 0 Å². The number of hydrogen-bond donors (Lipinski definition) is 2. The molecule has 3 aromatic rings. The molecule has 0 spiro atoms. The van der Waals surface area contributed by atoms with Gasteiger partial charge in [-0.1, -0.05) is 36.8 Å². The summed E-state index contributed by atoms with van der Waals surface area (Å²) in [7, 11) is -3.91. The molecular weight excluding hydrogens is 526 g/mol. The normalized spacial score (nSPS) is 16.8. The van der Waals surface area contributed by atoms with Gasteiger partial charge in [0.2, 0.25) is 21.8 Å². The van der Waals surface area contributed by atoms with Crippen LogP contribution in [0.3, 0.4) is 0 Å². The van der Waals surface area contributed by atoms with Gasteiger partial charge in [-0.2, -0.15) is 4.31 Å². The van der Waals surface area contributed by atoms with Crippen LogP contribution >= 0.6 is 0 Å². The summed E-state index contributed by atoms with van der Waals surface area (Å²) in [5, 5.41) is 5.53. The van der Waals surface area contributed by atoms with Crippen LogP contribution in [0.4, 0.5) is 8.78 Å². The van der Waals surface area contributed by atoms with Gasteiger partial charge in [-0.3, -0.25) is 14.6 Å². The first kappa shape index (κ1) is 28.3. The average molecular weight is 557 g/mol. The first-order valence-corrected chi connectivity index (χ1v) is 14.3. The molecule has 2 aromatic carbocycles. The van der Waals surface area contributed by atoms with Crippen LogP contribution in [0, 0.1) is 11.6 Å². The van der Waals surface area contributed by atoms with Crippen molar-refractivity contribution in [2.24, 2.45) is 0 Å². The maximum Gasteiger partial charge on any atom is 0.243 e. The predicted octanol–water partition coefficient (Wildman–Crippen LogP) is 3.09. The fraction of sp³-hybridized carbons (Fsp3) is 0.321. The molecule has 2 unspecified atom stereocenters. The van der Waals surface area contributed by atoms with Gasteiger partial charge >= 0.3 is 0 Å². The van der Waals surface area contributed by atoms with Crippen LogP contribution in [0.25, 0.3) is 0 Å². The van der Waals surface area contributed by atoms with Gasteiger partial charge in [0, 0.05) is 31.9 Å². The third kappa shape index (κ3) is 7.90. The van der Waals surface area contributed by atoms with E-state index < -0.39 is 45.6 Å². The van der Waals surface area contributed by atoms with Crippen LogP contribution in [-0.4, -0.2) is 48.1 Å². The number of carbonyl (C=O) groups excluding carboxylic acids is 2. The number of carbonyl (C=O) groups is 2. The molecule has 206 valence electrons. The molecule has 2 heterocycles. The Morgan fingerprint density at radius 1 is 0.949 bits per heavy atom. The van der Waals surface area contributed by atoms with Gasteiger partial charge in [0.15, 0.2) is 0 Å². The Morgan fingerprint density at radius 2 is 1.62 bits per heavy atom. The minimum Gasteiger partial charge on any atom is -0.350 e. The van der Waals surface area contributed by atoms with Gasteiger partial charge in [0.1, 0.15) is 23.7 Å². The van der Waals surface area contributed by atoms with Gasteiger partial charge in [0.25, 0.3) is 0 Å². The predicted molar refractivity (Wildman–Crippen MR) is 141 cm³/mol. The Bertz CT molecular complexity index is 1370. The van der Waals surface area contributed by atoms with Crippen molar-refractivity contribution in [3.05, 3.63) is 101 Å². The number of rotatable bonds is 10. The zero-order chi connectivity index (χ0) is 27.8. The number of amides is 2. The van der Waals surface area contributed by atoms with Crippen molar-refractivity contribution in [2.45, 2.75) is 50.1 Å².